The first-order valence-corrected chi connectivity index (χ1v) is 10.4. The van der Waals surface area contributed by atoms with Crippen molar-refractivity contribution in [2.75, 3.05) is 38.5 Å². The van der Waals surface area contributed by atoms with Crippen LogP contribution in [-0.4, -0.2) is 59.5 Å². The Balaban J connectivity index is 0.00000338. The van der Waals surface area contributed by atoms with Gasteiger partial charge in [0.05, 0.1) is 0 Å². The van der Waals surface area contributed by atoms with Crippen molar-refractivity contribution in [1.82, 2.24) is 15.5 Å². The first-order valence-electron chi connectivity index (χ1n) is 8.88. The fourth-order valence-corrected chi connectivity index (χ4v) is 3.71. The molecular formula is C18H29IN4O2S. The van der Waals surface area contributed by atoms with Crippen LogP contribution in [0.5, 0.6) is 0 Å². The normalized spacial score (nSPS) is 15.3. The van der Waals surface area contributed by atoms with Gasteiger partial charge in [-0.15, -0.1) is 24.0 Å². The molecule has 0 spiro atoms. The van der Waals surface area contributed by atoms with Gasteiger partial charge in [-0.05, 0) is 25.3 Å². The van der Waals surface area contributed by atoms with E-state index in [1.807, 2.05) is 42.2 Å². The maximum atomic E-state index is 12.1. The molecule has 8 heteroatoms. The molecule has 0 aromatic heterocycles. The van der Waals surface area contributed by atoms with E-state index in [9.17, 15) is 9.00 Å². The first kappa shape index (κ1) is 22.9. The SMILES string of the molecule is CCNC(=NCC(=O)N1CCCC1)NCCS(=O)Cc1ccccc1.I. The molecule has 1 amide bonds. The van der Waals surface area contributed by atoms with E-state index < -0.39 is 10.8 Å². The number of nitrogens with one attached hydrogen (secondary N) is 2. The Morgan fingerprint density at radius 2 is 1.88 bits per heavy atom. The second kappa shape index (κ2) is 13.1. The molecule has 2 N–H and O–H groups in total. The van der Waals surface area contributed by atoms with Crippen molar-refractivity contribution in [3.05, 3.63) is 35.9 Å². The minimum Gasteiger partial charge on any atom is -0.357 e. The average Bonchev–Trinajstić information content (AvgIpc) is 3.15. The average molecular weight is 492 g/mol. The first-order chi connectivity index (χ1) is 12.2. The van der Waals surface area contributed by atoms with E-state index in [2.05, 4.69) is 15.6 Å². The molecule has 1 aliphatic rings. The molecule has 0 saturated carbocycles. The summed E-state index contributed by atoms with van der Waals surface area (Å²) < 4.78 is 12.1. The number of carbonyl (C=O) groups is 1. The smallest absolute Gasteiger partial charge is 0.244 e. The minimum absolute atomic E-state index is 0. The number of hydrogen-bond acceptors (Lipinski definition) is 3. The van der Waals surface area contributed by atoms with E-state index in [4.69, 9.17) is 0 Å². The van der Waals surface area contributed by atoms with Crippen molar-refractivity contribution in [3.63, 3.8) is 0 Å². The summed E-state index contributed by atoms with van der Waals surface area (Å²) in [7, 11) is -0.926. The molecule has 6 nitrogen and oxygen atoms in total. The molecule has 1 aromatic carbocycles. The zero-order valence-electron chi connectivity index (χ0n) is 15.3. The fraction of sp³-hybridized carbons (Fsp3) is 0.556. The highest BCUT2D eigenvalue weighted by atomic mass is 127. The van der Waals surface area contributed by atoms with Crippen LogP contribution in [0.15, 0.2) is 35.3 Å². The van der Waals surface area contributed by atoms with Crippen LogP contribution in [0.25, 0.3) is 0 Å². The van der Waals surface area contributed by atoms with E-state index in [0.29, 0.717) is 24.0 Å². The molecule has 2 rings (SSSR count). The van der Waals surface area contributed by atoms with Gasteiger partial charge in [0.25, 0.3) is 0 Å². The number of halogens is 1. The van der Waals surface area contributed by atoms with Gasteiger partial charge in [0.15, 0.2) is 5.96 Å². The van der Waals surface area contributed by atoms with Crippen molar-refractivity contribution in [2.24, 2.45) is 4.99 Å². The highest BCUT2D eigenvalue weighted by Gasteiger charge is 2.17. The van der Waals surface area contributed by atoms with Crippen molar-refractivity contribution in [1.29, 1.82) is 0 Å². The third-order valence-electron chi connectivity index (χ3n) is 3.97. The van der Waals surface area contributed by atoms with E-state index in [1.54, 1.807) is 0 Å². The Morgan fingerprint density at radius 1 is 1.19 bits per heavy atom. The molecule has 1 saturated heterocycles. The fourth-order valence-electron chi connectivity index (χ4n) is 2.67. The maximum Gasteiger partial charge on any atom is 0.244 e. The molecule has 1 aliphatic heterocycles. The van der Waals surface area contributed by atoms with Gasteiger partial charge in [-0.3, -0.25) is 9.00 Å². The van der Waals surface area contributed by atoms with Gasteiger partial charge >= 0.3 is 0 Å². The second-order valence-electron chi connectivity index (χ2n) is 5.98. The number of aliphatic imine (C=N–C) groups is 1. The van der Waals surface area contributed by atoms with E-state index in [-0.39, 0.29) is 36.4 Å². The summed E-state index contributed by atoms with van der Waals surface area (Å²) in [5.41, 5.74) is 1.08. The van der Waals surface area contributed by atoms with Crippen LogP contribution in [0.2, 0.25) is 0 Å². The van der Waals surface area contributed by atoms with Crippen LogP contribution in [0, 0.1) is 0 Å². The molecule has 26 heavy (non-hydrogen) atoms. The summed E-state index contributed by atoms with van der Waals surface area (Å²) in [5, 5.41) is 6.28. The van der Waals surface area contributed by atoms with E-state index in [1.165, 1.54) is 0 Å². The third-order valence-corrected chi connectivity index (χ3v) is 5.28. The zero-order chi connectivity index (χ0) is 17.9. The van der Waals surface area contributed by atoms with Crippen molar-refractivity contribution < 1.29 is 9.00 Å². The molecule has 1 atom stereocenters. The minimum atomic E-state index is -0.926. The highest BCUT2D eigenvalue weighted by Crippen LogP contribution is 2.07. The lowest BCUT2D eigenvalue weighted by atomic mass is 10.2. The summed E-state index contributed by atoms with van der Waals surface area (Å²) >= 11 is 0. The Kier molecular flexibility index (Phi) is 11.5. The van der Waals surface area contributed by atoms with Crippen LogP contribution >= 0.6 is 24.0 Å². The van der Waals surface area contributed by atoms with Gasteiger partial charge in [0.2, 0.25) is 5.91 Å². The number of hydrogen-bond donors (Lipinski definition) is 2. The maximum absolute atomic E-state index is 12.1. The number of amides is 1. The molecule has 1 heterocycles. The summed E-state index contributed by atoms with van der Waals surface area (Å²) in [6.45, 7) is 5.10. The van der Waals surface area contributed by atoms with Gasteiger partial charge in [-0.1, -0.05) is 30.3 Å². The lowest BCUT2D eigenvalue weighted by Crippen LogP contribution is -2.40. The second-order valence-corrected chi connectivity index (χ2v) is 7.56. The van der Waals surface area contributed by atoms with Crippen LogP contribution in [0.3, 0.4) is 0 Å². The largest absolute Gasteiger partial charge is 0.357 e. The molecule has 1 unspecified atom stereocenters. The van der Waals surface area contributed by atoms with Gasteiger partial charge in [-0.25, -0.2) is 4.99 Å². The lowest BCUT2D eigenvalue weighted by Gasteiger charge is -2.15. The standard InChI is InChI=1S/C18H28N4O2S.HI/c1-2-19-18(21-14-17(23)22-11-6-7-12-22)20-10-13-25(24)15-16-8-4-3-5-9-16;/h3-5,8-9H,2,6-7,10-15H2,1H3,(H2,19,20,21);1H. The van der Waals surface area contributed by atoms with Gasteiger partial charge < -0.3 is 15.5 Å². The zero-order valence-corrected chi connectivity index (χ0v) is 18.4. The number of likely N-dealkylation sites (tertiary alicyclic amines) is 1. The molecule has 1 fully saturated rings. The lowest BCUT2D eigenvalue weighted by molar-refractivity contribution is -0.128. The van der Waals surface area contributed by atoms with Crippen molar-refractivity contribution >= 4 is 46.6 Å². The molecule has 0 radical (unpaired) electrons. The number of carbonyl (C=O) groups excluding carboxylic acids is 1. The summed E-state index contributed by atoms with van der Waals surface area (Å²) in [5.74, 6) is 1.78. The van der Waals surface area contributed by atoms with E-state index >= 15 is 0 Å². The summed E-state index contributed by atoms with van der Waals surface area (Å²) in [6, 6.07) is 9.84. The van der Waals surface area contributed by atoms with Gasteiger partial charge in [-0.2, -0.15) is 0 Å². The Labute approximate surface area is 175 Å². The molecule has 0 bridgehead atoms. The number of benzene rings is 1. The number of rotatable bonds is 8. The topological polar surface area (TPSA) is 73.8 Å². The quantitative estimate of drug-likeness (QED) is 0.330. The van der Waals surface area contributed by atoms with E-state index in [0.717, 1.165) is 38.0 Å². The molecule has 0 aliphatic carbocycles. The Morgan fingerprint density at radius 3 is 2.54 bits per heavy atom. The monoisotopic (exact) mass is 492 g/mol. The van der Waals surface area contributed by atoms with Crippen molar-refractivity contribution in [3.8, 4) is 0 Å². The third kappa shape index (κ3) is 8.48. The van der Waals surface area contributed by atoms with Crippen LogP contribution in [-0.2, 0) is 21.3 Å². The number of guanidine groups is 1. The predicted molar refractivity (Wildman–Crippen MR) is 118 cm³/mol. The van der Waals surface area contributed by atoms with Gasteiger partial charge in [0.1, 0.15) is 6.54 Å². The van der Waals surface area contributed by atoms with Crippen LogP contribution in [0.4, 0.5) is 0 Å². The van der Waals surface area contributed by atoms with Gasteiger partial charge in [0, 0.05) is 48.5 Å². The number of nitrogens with zero attached hydrogens (tertiary/aromatic N) is 2. The highest BCUT2D eigenvalue weighted by molar-refractivity contribution is 14.0. The summed E-state index contributed by atoms with van der Waals surface area (Å²) in [4.78, 5) is 18.3. The molecule has 1 aromatic rings. The Bertz CT molecular complexity index is 592. The summed E-state index contributed by atoms with van der Waals surface area (Å²) in [6.07, 6.45) is 2.17. The molecular weight excluding hydrogens is 463 g/mol. The predicted octanol–water partition coefficient (Wildman–Crippen LogP) is 1.73. The molecule has 146 valence electrons. The Hall–Kier alpha value is -1.16. The van der Waals surface area contributed by atoms with Crippen LogP contribution in [0.1, 0.15) is 25.3 Å². The van der Waals surface area contributed by atoms with Crippen molar-refractivity contribution in [2.45, 2.75) is 25.5 Å². The van der Waals surface area contributed by atoms with Crippen LogP contribution < -0.4 is 10.6 Å².